The lowest BCUT2D eigenvalue weighted by atomic mass is 9.68. The Hall–Kier alpha value is -0.530. The number of carbonyl (C=O) groups excluding carboxylic acids is 1. The number of hydrogen-bond acceptors (Lipinski definition) is 1. The molecule has 0 aliphatic rings. The fourth-order valence-corrected chi connectivity index (χ4v) is 3.32. The molecular weight excluding hydrogens is 236 g/mol. The Morgan fingerprint density at radius 2 is 1.42 bits per heavy atom. The molecule has 19 heavy (non-hydrogen) atoms. The van der Waals surface area contributed by atoms with Crippen LogP contribution in [0.25, 0.3) is 0 Å². The third-order valence-electron chi connectivity index (χ3n) is 4.85. The summed E-state index contributed by atoms with van der Waals surface area (Å²) in [6.45, 7) is 8.32. The molecule has 1 atom stereocenters. The highest BCUT2D eigenvalue weighted by molar-refractivity contribution is 5.74. The number of hydrogen-bond donors (Lipinski definition) is 0. The Bertz CT molecular complexity index is 231. The third kappa shape index (κ3) is 5.54. The van der Waals surface area contributed by atoms with Gasteiger partial charge < -0.3 is 0 Å². The zero-order chi connectivity index (χ0) is 14.7. The van der Waals surface area contributed by atoms with E-state index in [2.05, 4.69) is 13.8 Å². The molecule has 0 heterocycles. The van der Waals surface area contributed by atoms with Gasteiger partial charge in [-0.3, -0.25) is 0 Å². The van der Waals surface area contributed by atoms with Crippen molar-refractivity contribution < 1.29 is 9.90 Å². The minimum Gasteiger partial charge on any atom is -0.247 e. The van der Waals surface area contributed by atoms with Crippen LogP contribution in [0.15, 0.2) is 0 Å². The van der Waals surface area contributed by atoms with Crippen molar-refractivity contribution in [2.45, 2.75) is 91.9 Å². The van der Waals surface area contributed by atoms with Crippen LogP contribution in [0.2, 0.25) is 0 Å². The lowest BCUT2D eigenvalue weighted by Gasteiger charge is -2.34. The van der Waals surface area contributed by atoms with E-state index in [0.29, 0.717) is 12.8 Å². The summed E-state index contributed by atoms with van der Waals surface area (Å²) in [6.07, 6.45) is 11.0. The molecule has 2 heteroatoms. The normalized spacial score (nSPS) is 13.5. The first-order chi connectivity index (χ1) is 9.08. The van der Waals surface area contributed by atoms with E-state index in [9.17, 15) is 9.90 Å². The predicted molar refractivity (Wildman–Crippen MR) is 80.5 cm³/mol. The first kappa shape index (κ1) is 18.5. The SMILES string of the molecule is CCCCCCCCC(CC)C(CC)(CC)C([O])=O. The second-order valence-electron chi connectivity index (χ2n) is 5.81. The molecule has 1 radical (unpaired) electrons. The highest BCUT2D eigenvalue weighted by Crippen LogP contribution is 2.40. The second-order valence-corrected chi connectivity index (χ2v) is 5.81. The standard InChI is InChI=1S/C17H33O2/c1-5-9-10-11-12-13-14-15(6-2)17(7-3,8-4)16(18)19/h15H,5-14H2,1-4H3. The Morgan fingerprint density at radius 1 is 0.895 bits per heavy atom. The molecule has 0 bridgehead atoms. The van der Waals surface area contributed by atoms with Crippen molar-refractivity contribution in [2.24, 2.45) is 11.3 Å². The number of rotatable bonds is 12. The average molecular weight is 269 g/mol. The summed E-state index contributed by atoms with van der Waals surface area (Å²) in [5.74, 6) is -0.561. The summed E-state index contributed by atoms with van der Waals surface area (Å²) < 4.78 is 0. The maximum atomic E-state index is 11.5. The van der Waals surface area contributed by atoms with Gasteiger partial charge in [-0.15, -0.1) is 0 Å². The van der Waals surface area contributed by atoms with E-state index in [0.717, 1.165) is 19.3 Å². The molecule has 2 nitrogen and oxygen atoms in total. The highest BCUT2D eigenvalue weighted by atomic mass is 16.4. The predicted octanol–water partition coefficient (Wildman–Crippen LogP) is 5.53. The van der Waals surface area contributed by atoms with Gasteiger partial charge in [-0.1, -0.05) is 72.6 Å². The van der Waals surface area contributed by atoms with Gasteiger partial charge in [-0.2, -0.15) is 0 Å². The minimum atomic E-state index is -0.838. The van der Waals surface area contributed by atoms with Gasteiger partial charge in [0, 0.05) is 0 Å². The van der Waals surface area contributed by atoms with Crippen LogP contribution in [0.1, 0.15) is 91.9 Å². The molecule has 0 aliphatic carbocycles. The fourth-order valence-electron chi connectivity index (χ4n) is 3.32. The molecule has 0 aromatic heterocycles. The van der Waals surface area contributed by atoms with Crippen molar-refractivity contribution in [1.82, 2.24) is 0 Å². The molecule has 0 saturated heterocycles. The van der Waals surface area contributed by atoms with E-state index in [1.807, 2.05) is 13.8 Å². The molecule has 0 fully saturated rings. The van der Waals surface area contributed by atoms with E-state index < -0.39 is 11.4 Å². The van der Waals surface area contributed by atoms with Crippen molar-refractivity contribution in [1.29, 1.82) is 0 Å². The van der Waals surface area contributed by atoms with E-state index in [1.54, 1.807) is 0 Å². The number of carbonyl (C=O) groups is 1. The molecule has 1 unspecified atom stereocenters. The summed E-state index contributed by atoms with van der Waals surface area (Å²) in [4.78, 5) is 11.5. The fraction of sp³-hybridized carbons (Fsp3) is 0.941. The number of unbranched alkanes of at least 4 members (excludes halogenated alkanes) is 5. The van der Waals surface area contributed by atoms with Gasteiger partial charge in [-0.05, 0) is 25.2 Å². The Kier molecular flexibility index (Phi) is 9.99. The van der Waals surface area contributed by atoms with Crippen molar-refractivity contribution in [3.63, 3.8) is 0 Å². The molecule has 0 rings (SSSR count). The highest BCUT2D eigenvalue weighted by Gasteiger charge is 2.42. The largest absolute Gasteiger partial charge is 0.361 e. The Morgan fingerprint density at radius 3 is 1.84 bits per heavy atom. The van der Waals surface area contributed by atoms with Gasteiger partial charge >= 0.3 is 5.97 Å². The zero-order valence-corrected chi connectivity index (χ0v) is 13.5. The maximum Gasteiger partial charge on any atom is 0.361 e. The van der Waals surface area contributed by atoms with Crippen LogP contribution in [-0.2, 0) is 9.90 Å². The summed E-state index contributed by atoms with van der Waals surface area (Å²) in [5.41, 5.74) is -0.599. The maximum absolute atomic E-state index is 11.5. The quantitative estimate of drug-likeness (QED) is 0.429. The zero-order valence-electron chi connectivity index (χ0n) is 13.5. The summed E-state index contributed by atoms with van der Waals surface area (Å²) >= 11 is 0. The van der Waals surface area contributed by atoms with Gasteiger partial charge in [0.25, 0.3) is 0 Å². The Balaban J connectivity index is 4.27. The van der Waals surface area contributed by atoms with Crippen LogP contribution in [0.4, 0.5) is 0 Å². The summed E-state index contributed by atoms with van der Waals surface area (Å²) in [6, 6.07) is 0. The first-order valence-corrected chi connectivity index (χ1v) is 8.30. The molecule has 0 amide bonds. The van der Waals surface area contributed by atoms with Gasteiger partial charge in [0.15, 0.2) is 0 Å². The molecule has 0 aromatic carbocycles. The monoisotopic (exact) mass is 269 g/mol. The lowest BCUT2D eigenvalue weighted by Crippen LogP contribution is -2.37. The summed E-state index contributed by atoms with van der Waals surface area (Å²) in [7, 11) is 0. The molecule has 0 aliphatic heterocycles. The van der Waals surface area contributed by atoms with Crippen LogP contribution < -0.4 is 0 Å². The van der Waals surface area contributed by atoms with Crippen LogP contribution in [-0.4, -0.2) is 5.97 Å². The molecule has 0 N–H and O–H groups in total. The van der Waals surface area contributed by atoms with Crippen molar-refractivity contribution in [3.05, 3.63) is 0 Å². The summed E-state index contributed by atoms with van der Waals surface area (Å²) in [5, 5.41) is 11.5. The van der Waals surface area contributed by atoms with Crippen LogP contribution in [0.5, 0.6) is 0 Å². The van der Waals surface area contributed by atoms with E-state index in [-0.39, 0.29) is 5.92 Å². The molecule has 0 saturated carbocycles. The van der Waals surface area contributed by atoms with Crippen LogP contribution in [0.3, 0.4) is 0 Å². The molecule has 0 spiro atoms. The van der Waals surface area contributed by atoms with Gasteiger partial charge in [0.1, 0.15) is 0 Å². The molecule has 0 aromatic rings. The molecule has 113 valence electrons. The minimum absolute atomic E-state index is 0.277. The first-order valence-electron chi connectivity index (χ1n) is 8.30. The second kappa shape index (κ2) is 10.3. The van der Waals surface area contributed by atoms with E-state index >= 15 is 0 Å². The molecular formula is C17H33O2. The van der Waals surface area contributed by atoms with Gasteiger partial charge in [-0.25, -0.2) is 9.90 Å². The average Bonchev–Trinajstić information content (AvgIpc) is 2.41. The third-order valence-corrected chi connectivity index (χ3v) is 4.85. The smallest absolute Gasteiger partial charge is 0.247 e. The van der Waals surface area contributed by atoms with Crippen LogP contribution >= 0.6 is 0 Å². The van der Waals surface area contributed by atoms with Gasteiger partial charge in [0.2, 0.25) is 0 Å². The van der Waals surface area contributed by atoms with E-state index in [1.165, 1.54) is 32.1 Å². The lowest BCUT2D eigenvalue weighted by molar-refractivity contribution is -0.160. The Labute approximate surface area is 120 Å². The van der Waals surface area contributed by atoms with Crippen LogP contribution in [0, 0.1) is 11.3 Å². The van der Waals surface area contributed by atoms with Crippen molar-refractivity contribution in [2.75, 3.05) is 0 Å². The van der Waals surface area contributed by atoms with E-state index in [4.69, 9.17) is 0 Å². The van der Waals surface area contributed by atoms with Gasteiger partial charge in [0.05, 0.1) is 5.41 Å². The van der Waals surface area contributed by atoms with Crippen molar-refractivity contribution in [3.8, 4) is 0 Å². The van der Waals surface area contributed by atoms with Crippen molar-refractivity contribution >= 4 is 5.97 Å². The topological polar surface area (TPSA) is 37.0 Å².